The Bertz CT molecular complexity index is 435. The number of rotatable bonds is 2. The molecule has 0 aliphatic carbocycles. The Hall–Kier alpha value is -1.31. The molecule has 0 aliphatic rings. The lowest BCUT2D eigenvalue weighted by molar-refractivity contribution is -0.307. The molecule has 1 atom stereocenters. The fourth-order valence-corrected chi connectivity index (χ4v) is 1.65. The van der Waals surface area contributed by atoms with Crippen LogP contribution in [-0.4, -0.2) is 17.5 Å². The zero-order chi connectivity index (χ0) is 15.0. The Morgan fingerprint density at radius 2 is 1.47 bits per heavy atom. The lowest BCUT2D eigenvalue weighted by atomic mass is 9.91. The van der Waals surface area contributed by atoms with Gasteiger partial charge >= 0.3 is 12.4 Å². The average Bonchev–Trinajstić information content (AvgIpc) is 2.17. The van der Waals surface area contributed by atoms with Crippen LogP contribution in [0.3, 0.4) is 0 Å². The predicted octanol–water partition coefficient (Wildman–Crippen LogP) is 3.91. The van der Waals surface area contributed by atoms with Crippen molar-refractivity contribution in [3.63, 3.8) is 0 Å². The van der Waals surface area contributed by atoms with Crippen LogP contribution in [-0.2, 0) is 0 Å². The minimum Gasteiger partial charge on any atom is -0.387 e. The summed E-state index contributed by atoms with van der Waals surface area (Å²) in [5.74, 6) is -4.98. The van der Waals surface area contributed by atoms with Crippen LogP contribution in [0.15, 0.2) is 18.2 Å². The molecule has 19 heavy (non-hydrogen) atoms. The number of halogens is 7. The number of aliphatic hydroxyl groups is 1. The maximum absolute atomic E-state index is 12.9. The van der Waals surface area contributed by atoms with Crippen molar-refractivity contribution in [2.75, 3.05) is 0 Å². The SMILES string of the molecule is Cc1ccc(F)cc1C(O)C(C(F)(F)F)C(F)(F)F. The monoisotopic (exact) mass is 290 g/mol. The largest absolute Gasteiger partial charge is 0.403 e. The summed E-state index contributed by atoms with van der Waals surface area (Å²) in [6, 6.07) is 2.34. The zero-order valence-corrected chi connectivity index (χ0v) is 9.48. The molecule has 0 saturated heterocycles. The maximum atomic E-state index is 12.9. The summed E-state index contributed by atoms with van der Waals surface area (Å²) in [6.45, 7) is 1.18. The second-order valence-corrected chi connectivity index (χ2v) is 4.01. The first-order valence-corrected chi connectivity index (χ1v) is 5.02. The van der Waals surface area contributed by atoms with Gasteiger partial charge in [0.15, 0.2) is 5.92 Å². The number of alkyl halides is 6. The van der Waals surface area contributed by atoms with Crippen molar-refractivity contribution < 1.29 is 35.8 Å². The zero-order valence-electron chi connectivity index (χ0n) is 9.48. The first-order valence-electron chi connectivity index (χ1n) is 5.02. The van der Waals surface area contributed by atoms with E-state index in [0.717, 1.165) is 12.1 Å². The minimum absolute atomic E-state index is 0.0626. The van der Waals surface area contributed by atoms with E-state index < -0.39 is 35.8 Å². The first kappa shape index (κ1) is 15.7. The first-order chi connectivity index (χ1) is 8.44. The van der Waals surface area contributed by atoms with Crippen molar-refractivity contribution in [2.24, 2.45) is 5.92 Å². The third-order valence-corrected chi connectivity index (χ3v) is 2.58. The molecular weight excluding hydrogens is 281 g/mol. The molecule has 1 rings (SSSR count). The molecule has 108 valence electrons. The molecule has 0 fully saturated rings. The standard InChI is InChI=1S/C11H9F7O/c1-5-2-3-6(12)4-7(5)8(19)9(10(13,14)15)11(16,17)18/h2-4,8-9,19H,1H3. The lowest BCUT2D eigenvalue weighted by Crippen LogP contribution is -2.41. The van der Waals surface area contributed by atoms with Gasteiger partial charge < -0.3 is 5.11 Å². The van der Waals surface area contributed by atoms with Gasteiger partial charge in [0.25, 0.3) is 0 Å². The molecule has 0 amide bonds. The van der Waals surface area contributed by atoms with Crippen molar-refractivity contribution in [3.05, 3.63) is 35.1 Å². The van der Waals surface area contributed by atoms with Crippen molar-refractivity contribution in [2.45, 2.75) is 25.4 Å². The van der Waals surface area contributed by atoms with Crippen LogP contribution in [0.25, 0.3) is 0 Å². The number of benzene rings is 1. The van der Waals surface area contributed by atoms with Crippen LogP contribution in [0.1, 0.15) is 17.2 Å². The molecule has 1 unspecified atom stereocenters. The summed E-state index contributed by atoms with van der Waals surface area (Å²) >= 11 is 0. The van der Waals surface area contributed by atoms with E-state index in [4.69, 9.17) is 0 Å². The van der Waals surface area contributed by atoms with E-state index in [2.05, 4.69) is 0 Å². The van der Waals surface area contributed by atoms with Crippen molar-refractivity contribution in [3.8, 4) is 0 Å². The van der Waals surface area contributed by atoms with Gasteiger partial charge in [-0.15, -0.1) is 0 Å². The lowest BCUT2D eigenvalue weighted by Gasteiger charge is -2.28. The molecule has 1 nitrogen and oxygen atoms in total. The van der Waals surface area contributed by atoms with E-state index in [1.807, 2.05) is 0 Å². The Labute approximate surface area is 103 Å². The summed E-state index contributed by atoms with van der Waals surface area (Å²) in [4.78, 5) is 0. The van der Waals surface area contributed by atoms with Crippen LogP contribution in [0.4, 0.5) is 30.7 Å². The van der Waals surface area contributed by atoms with Gasteiger partial charge in [0.05, 0.1) is 6.10 Å². The maximum Gasteiger partial charge on any atom is 0.403 e. The number of aliphatic hydroxyl groups excluding tert-OH is 1. The van der Waals surface area contributed by atoms with E-state index in [-0.39, 0.29) is 5.56 Å². The van der Waals surface area contributed by atoms with Gasteiger partial charge in [0, 0.05) is 0 Å². The highest BCUT2D eigenvalue weighted by molar-refractivity contribution is 5.29. The molecule has 0 spiro atoms. The van der Waals surface area contributed by atoms with E-state index in [9.17, 15) is 35.8 Å². The van der Waals surface area contributed by atoms with Gasteiger partial charge in [-0.2, -0.15) is 26.3 Å². The Morgan fingerprint density at radius 3 is 1.89 bits per heavy atom. The number of hydrogen-bond acceptors (Lipinski definition) is 1. The van der Waals surface area contributed by atoms with Gasteiger partial charge in [0.2, 0.25) is 0 Å². The molecule has 8 heteroatoms. The van der Waals surface area contributed by atoms with Gasteiger partial charge in [-0.25, -0.2) is 4.39 Å². The molecule has 1 aromatic carbocycles. The summed E-state index contributed by atoms with van der Waals surface area (Å²) < 4.78 is 87.4. The summed E-state index contributed by atoms with van der Waals surface area (Å²) in [6.07, 6.45) is -14.3. The van der Waals surface area contributed by atoms with Crippen LogP contribution in [0.2, 0.25) is 0 Å². The molecule has 0 aliphatic heterocycles. The van der Waals surface area contributed by atoms with Gasteiger partial charge in [0.1, 0.15) is 5.82 Å². The van der Waals surface area contributed by atoms with Crippen LogP contribution < -0.4 is 0 Å². The molecule has 0 radical (unpaired) electrons. The number of hydrogen-bond donors (Lipinski definition) is 1. The fraction of sp³-hybridized carbons (Fsp3) is 0.455. The molecule has 0 bridgehead atoms. The van der Waals surface area contributed by atoms with Gasteiger partial charge in [-0.1, -0.05) is 6.07 Å². The van der Waals surface area contributed by atoms with Crippen LogP contribution in [0.5, 0.6) is 0 Å². The Balaban J connectivity index is 3.28. The fourth-order valence-electron chi connectivity index (χ4n) is 1.65. The van der Waals surface area contributed by atoms with Crippen LogP contribution in [0, 0.1) is 18.7 Å². The highest BCUT2D eigenvalue weighted by Gasteiger charge is 2.60. The highest BCUT2D eigenvalue weighted by Crippen LogP contribution is 2.46. The Kier molecular flexibility index (Phi) is 4.14. The molecule has 1 aromatic rings. The van der Waals surface area contributed by atoms with Crippen molar-refractivity contribution in [1.82, 2.24) is 0 Å². The van der Waals surface area contributed by atoms with E-state index in [0.29, 0.717) is 6.07 Å². The topological polar surface area (TPSA) is 20.2 Å². The summed E-state index contributed by atoms with van der Waals surface area (Å²) in [5, 5.41) is 9.35. The smallest absolute Gasteiger partial charge is 0.387 e. The summed E-state index contributed by atoms with van der Waals surface area (Å²) in [5.41, 5.74) is -0.799. The molecule has 0 heterocycles. The Morgan fingerprint density at radius 1 is 1.00 bits per heavy atom. The normalized spacial score (nSPS) is 14.8. The second kappa shape index (κ2) is 4.99. The van der Waals surface area contributed by atoms with Crippen molar-refractivity contribution in [1.29, 1.82) is 0 Å². The van der Waals surface area contributed by atoms with Crippen LogP contribution >= 0.6 is 0 Å². The quantitative estimate of drug-likeness (QED) is 0.819. The molecule has 0 saturated carbocycles. The highest BCUT2D eigenvalue weighted by atomic mass is 19.4. The second-order valence-electron chi connectivity index (χ2n) is 4.01. The molecule has 0 aromatic heterocycles. The van der Waals surface area contributed by atoms with Crippen molar-refractivity contribution >= 4 is 0 Å². The molecular formula is C11H9F7O. The summed E-state index contributed by atoms with van der Waals surface area (Å²) in [7, 11) is 0. The van der Waals surface area contributed by atoms with E-state index in [1.54, 1.807) is 0 Å². The van der Waals surface area contributed by atoms with E-state index >= 15 is 0 Å². The average molecular weight is 290 g/mol. The minimum atomic E-state index is -5.68. The predicted molar refractivity (Wildman–Crippen MR) is 51.7 cm³/mol. The van der Waals surface area contributed by atoms with Gasteiger partial charge in [-0.3, -0.25) is 0 Å². The van der Waals surface area contributed by atoms with E-state index in [1.165, 1.54) is 6.92 Å². The third-order valence-electron chi connectivity index (χ3n) is 2.58. The third kappa shape index (κ3) is 3.59. The van der Waals surface area contributed by atoms with Gasteiger partial charge in [-0.05, 0) is 30.2 Å². The molecule has 1 N–H and O–H groups in total. The number of aryl methyl sites for hydroxylation is 1.